The van der Waals surface area contributed by atoms with Crippen LogP contribution in [-0.2, 0) is 0 Å². The Hall–Kier alpha value is -0.720. The Kier molecular flexibility index (Phi) is 4.98. The first-order valence-corrected chi connectivity index (χ1v) is 3.34. The van der Waals surface area contributed by atoms with Crippen LogP contribution in [0.5, 0.6) is 0 Å². The van der Waals surface area contributed by atoms with Gasteiger partial charge in [0.1, 0.15) is 0 Å². The maximum absolute atomic E-state index is 3.19. The SMILES string of the molecule is C/C=C\C=C(/C)NCC. The molecule has 1 heteroatoms. The fourth-order valence-electron chi connectivity index (χ4n) is 0.578. The van der Waals surface area contributed by atoms with Crippen molar-refractivity contribution < 1.29 is 0 Å². The smallest absolute Gasteiger partial charge is 0.0115 e. The number of hydrogen-bond acceptors (Lipinski definition) is 1. The van der Waals surface area contributed by atoms with E-state index in [1.165, 1.54) is 5.70 Å². The molecule has 9 heavy (non-hydrogen) atoms. The molecule has 0 aliphatic rings. The molecule has 0 aromatic carbocycles. The summed E-state index contributed by atoms with van der Waals surface area (Å²) in [5.74, 6) is 0. The van der Waals surface area contributed by atoms with Gasteiger partial charge in [0.15, 0.2) is 0 Å². The molecule has 0 bridgehead atoms. The first kappa shape index (κ1) is 8.28. The quantitative estimate of drug-likeness (QED) is 0.569. The molecular formula is C8H15N. The molecule has 0 atom stereocenters. The van der Waals surface area contributed by atoms with Crippen molar-refractivity contribution in [1.82, 2.24) is 5.32 Å². The third-order valence-electron chi connectivity index (χ3n) is 0.994. The van der Waals surface area contributed by atoms with Crippen molar-refractivity contribution in [3.63, 3.8) is 0 Å². The minimum atomic E-state index is 1.000. The predicted molar refractivity (Wildman–Crippen MR) is 42.2 cm³/mol. The normalized spacial score (nSPS) is 12.6. The fourth-order valence-corrected chi connectivity index (χ4v) is 0.578. The van der Waals surface area contributed by atoms with E-state index in [1.54, 1.807) is 0 Å². The van der Waals surface area contributed by atoms with Crippen molar-refractivity contribution in [1.29, 1.82) is 0 Å². The number of allylic oxidation sites excluding steroid dienone is 4. The van der Waals surface area contributed by atoms with Gasteiger partial charge in [0.25, 0.3) is 0 Å². The Morgan fingerprint density at radius 3 is 2.67 bits per heavy atom. The van der Waals surface area contributed by atoms with E-state index in [0.717, 1.165) is 6.54 Å². The summed E-state index contributed by atoms with van der Waals surface area (Å²) in [6, 6.07) is 0. The van der Waals surface area contributed by atoms with E-state index in [1.807, 2.05) is 19.1 Å². The minimum Gasteiger partial charge on any atom is -0.389 e. The van der Waals surface area contributed by atoms with Crippen LogP contribution in [0.3, 0.4) is 0 Å². The third kappa shape index (κ3) is 5.15. The van der Waals surface area contributed by atoms with Gasteiger partial charge in [-0.05, 0) is 26.8 Å². The van der Waals surface area contributed by atoms with Crippen LogP contribution in [0, 0.1) is 0 Å². The molecule has 0 rings (SSSR count). The van der Waals surface area contributed by atoms with Crippen molar-refractivity contribution in [2.75, 3.05) is 6.54 Å². The maximum Gasteiger partial charge on any atom is 0.0115 e. The predicted octanol–water partition coefficient (Wildman–Crippen LogP) is 2.08. The zero-order valence-electron chi connectivity index (χ0n) is 6.44. The average molecular weight is 125 g/mol. The van der Waals surface area contributed by atoms with Gasteiger partial charge in [0.2, 0.25) is 0 Å². The molecule has 0 heterocycles. The second-order valence-corrected chi connectivity index (χ2v) is 1.91. The molecule has 0 saturated heterocycles. The van der Waals surface area contributed by atoms with E-state index in [2.05, 4.69) is 25.2 Å². The average Bonchev–Trinajstić information content (AvgIpc) is 1.85. The highest BCUT2D eigenvalue weighted by Crippen LogP contribution is 1.85. The number of rotatable bonds is 3. The van der Waals surface area contributed by atoms with Crippen LogP contribution < -0.4 is 5.32 Å². The molecule has 1 N–H and O–H groups in total. The van der Waals surface area contributed by atoms with E-state index in [9.17, 15) is 0 Å². The Bertz CT molecular complexity index is 112. The van der Waals surface area contributed by atoms with Crippen molar-refractivity contribution in [2.45, 2.75) is 20.8 Å². The first-order valence-electron chi connectivity index (χ1n) is 3.34. The maximum atomic E-state index is 3.19. The summed E-state index contributed by atoms with van der Waals surface area (Å²) in [6.07, 6.45) is 6.10. The molecule has 1 nitrogen and oxygen atoms in total. The molecule has 0 aromatic rings. The van der Waals surface area contributed by atoms with Gasteiger partial charge in [-0.1, -0.05) is 12.2 Å². The highest BCUT2D eigenvalue weighted by molar-refractivity contribution is 5.07. The molecular weight excluding hydrogens is 110 g/mol. The zero-order chi connectivity index (χ0) is 7.11. The van der Waals surface area contributed by atoms with Crippen LogP contribution in [0.25, 0.3) is 0 Å². The molecule has 0 amide bonds. The summed E-state index contributed by atoms with van der Waals surface area (Å²) in [7, 11) is 0. The Morgan fingerprint density at radius 1 is 1.56 bits per heavy atom. The Balaban J connectivity index is 3.55. The second kappa shape index (κ2) is 5.42. The lowest BCUT2D eigenvalue weighted by atomic mass is 10.4. The number of hydrogen-bond donors (Lipinski definition) is 1. The van der Waals surface area contributed by atoms with E-state index in [0.29, 0.717) is 0 Å². The largest absolute Gasteiger partial charge is 0.389 e. The molecule has 0 aliphatic heterocycles. The molecule has 0 saturated carbocycles. The van der Waals surface area contributed by atoms with Gasteiger partial charge in [0.05, 0.1) is 0 Å². The van der Waals surface area contributed by atoms with E-state index in [-0.39, 0.29) is 0 Å². The van der Waals surface area contributed by atoms with Crippen LogP contribution in [-0.4, -0.2) is 6.54 Å². The minimum absolute atomic E-state index is 1.000. The van der Waals surface area contributed by atoms with Crippen LogP contribution in [0.4, 0.5) is 0 Å². The Labute approximate surface area is 57.5 Å². The standard InChI is InChI=1S/C8H15N/c1-4-6-7-8(3)9-5-2/h4,6-7,9H,5H2,1-3H3/b6-4-,8-7+. The van der Waals surface area contributed by atoms with Crippen molar-refractivity contribution in [3.8, 4) is 0 Å². The van der Waals surface area contributed by atoms with Gasteiger partial charge in [-0.15, -0.1) is 0 Å². The van der Waals surface area contributed by atoms with Gasteiger partial charge in [-0.25, -0.2) is 0 Å². The Morgan fingerprint density at radius 2 is 2.22 bits per heavy atom. The molecule has 52 valence electrons. The van der Waals surface area contributed by atoms with Crippen molar-refractivity contribution in [3.05, 3.63) is 23.9 Å². The van der Waals surface area contributed by atoms with Gasteiger partial charge >= 0.3 is 0 Å². The molecule has 0 radical (unpaired) electrons. The lowest BCUT2D eigenvalue weighted by Crippen LogP contribution is -2.08. The third-order valence-corrected chi connectivity index (χ3v) is 0.994. The molecule has 0 unspecified atom stereocenters. The van der Waals surface area contributed by atoms with Crippen LogP contribution >= 0.6 is 0 Å². The van der Waals surface area contributed by atoms with Crippen molar-refractivity contribution >= 4 is 0 Å². The summed E-state index contributed by atoms with van der Waals surface area (Å²) >= 11 is 0. The summed E-state index contributed by atoms with van der Waals surface area (Å²) in [4.78, 5) is 0. The number of nitrogens with one attached hydrogen (secondary N) is 1. The van der Waals surface area contributed by atoms with Gasteiger partial charge < -0.3 is 5.32 Å². The molecule has 0 aliphatic carbocycles. The van der Waals surface area contributed by atoms with Gasteiger partial charge in [0, 0.05) is 12.2 Å². The zero-order valence-corrected chi connectivity index (χ0v) is 6.44. The second-order valence-electron chi connectivity index (χ2n) is 1.91. The first-order chi connectivity index (χ1) is 4.31. The summed E-state index contributed by atoms with van der Waals surface area (Å²) < 4.78 is 0. The monoisotopic (exact) mass is 125 g/mol. The van der Waals surface area contributed by atoms with Crippen LogP contribution in [0.2, 0.25) is 0 Å². The lowest BCUT2D eigenvalue weighted by Gasteiger charge is -1.98. The van der Waals surface area contributed by atoms with Gasteiger partial charge in [-0.3, -0.25) is 0 Å². The van der Waals surface area contributed by atoms with Crippen LogP contribution in [0.15, 0.2) is 23.9 Å². The van der Waals surface area contributed by atoms with Crippen molar-refractivity contribution in [2.24, 2.45) is 0 Å². The highest BCUT2D eigenvalue weighted by Gasteiger charge is 1.77. The summed E-state index contributed by atoms with van der Waals surface area (Å²) in [5, 5.41) is 3.19. The van der Waals surface area contributed by atoms with Crippen LogP contribution in [0.1, 0.15) is 20.8 Å². The summed E-state index contributed by atoms with van der Waals surface area (Å²) in [5.41, 5.74) is 1.22. The van der Waals surface area contributed by atoms with E-state index in [4.69, 9.17) is 0 Å². The summed E-state index contributed by atoms with van der Waals surface area (Å²) in [6.45, 7) is 7.16. The van der Waals surface area contributed by atoms with E-state index >= 15 is 0 Å². The topological polar surface area (TPSA) is 12.0 Å². The molecule has 0 fully saturated rings. The lowest BCUT2D eigenvalue weighted by molar-refractivity contribution is 0.854. The highest BCUT2D eigenvalue weighted by atomic mass is 14.8. The van der Waals surface area contributed by atoms with Gasteiger partial charge in [-0.2, -0.15) is 0 Å². The molecule has 0 aromatic heterocycles. The van der Waals surface area contributed by atoms with E-state index < -0.39 is 0 Å². The fraction of sp³-hybridized carbons (Fsp3) is 0.500. The molecule has 0 spiro atoms.